The molecule has 2 unspecified atom stereocenters. The van der Waals surface area contributed by atoms with Crippen molar-refractivity contribution in [3.63, 3.8) is 0 Å². The molecule has 1 aromatic heterocycles. The molecule has 0 bridgehead atoms. The lowest BCUT2D eigenvalue weighted by molar-refractivity contribution is -0.147. The zero-order chi connectivity index (χ0) is 19.3. The molecule has 27 heavy (non-hydrogen) atoms. The molecule has 0 spiro atoms. The third kappa shape index (κ3) is 2.88. The molecule has 2 fully saturated rings. The fourth-order valence-corrected chi connectivity index (χ4v) is 5.20. The van der Waals surface area contributed by atoms with E-state index < -0.39 is 12.0 Å². The van der Waals surface area contributed by atoms with Gasteiger partial charge in [0, 0.05) is 17.2 Å². The zero-order valence-corrected chi connectivity index (χ0v) is 16.0. The Hall–Kier alpha value is -2.46. The maximum absolute atomic E-state index is 12.3. The topological polar surface area (TPSA) is 116 Å². The monoisotopic (exact) mass is 388 g/mol. The standard InChI is InChI=1S/C17H20N6O3S/c1-9(24)26-11-7-5-4-6-10(11)8-22-14(19-20-21-22)13-17(2,3)27-16-12(18)15(25)23(13)16/h4-7,12-13,16H,8,18H2,1-3H3/t12?,13?,16-/m1/s1. The van der Waals surface area contributed by atoms with Crippen LogP contribution < -0.4 is 10.5 Å². The molecule has 3 atom stereocenters. The molecule has 1 aromatic carbocycles. The largest absolute Gasteiger partial charge is 0.426 e. The number of fused-ring (bicyclic) bond motifs is 1. The first-order chi connectivity index (χ1) is 12.8. The van der Waals surface area contributed by atoms with E-state index in [0.717, 1.165) is 5.56 Å². The summed E-state index contributed by atoms with van der Waals surface area (Å²) in [4.78, 5) is 25.5. The molecule has 0 radical (unpaired) electrons. The SMILES string of the molecule is CC(=O)Oc1ccccc1Cn1nnnc1C1N2C(=O)C(N)[C@H]2SC1(C)C. The minimum atomic E-state index is -0.478. The van der Waals surface area contributed by atoms with Crippen molar-refractivity contribution in [1.82, 2.24) is 25.1 Å². The highest BCUT2D eigenvalue weighted by Crippen LogP contribution is 2.56. The molecule has 2 aromatic rings. The summed E-state index contributed by atoms with van der Waals surface area (Å²) in [6.45, 7) is 5.80. The molecule has 2 saturated heterocycles. The van der Waals surface area contributed by atoms with E-state index in [2.05, 4.69) is 29.4 Å². The Bertz CT molecular complexity index is 914. The van der Waals surface area contributed by atoms with E-state index in [9.17, 15) is 9.59 Å². The van der Waals surface area contributed by atoms with E-state index in [1.54, 1.807) is 33.5 Å². The number of esters is 1. The van der Waals surface area contributed by atoms with Gasteiger partial charge >= 0.3 is 5.97 Å². The third-order valence-corrected chi connectivity index (χ3v) is 6.43. The third-order valence-electron chi connectivity index (χ3n) is 4.83. The number of thioether (sulfide) groups is 1. The van der Waals surface area contributed by atoms with Crippen LogP contribution in [0.2, 0.25) is 0 Å². The van der Waals surface area contributed by atoms with Crippen LogP contribution in [-0.2, 0) is 16.1 Å². The number of amides is 1. The molecule has 2 aliphatic rings. The number of hydrogen-bond donors (Lipinski definition) is 1. The van der Waals surface area contributed by atoms with Gasteiger partial charge in [0.25, 0.3) is 0 Å². The number of tetrazole rings is 1. The first-order valence-electron chi connectivity index (χ1n) is 8.57. The highest BCUT2D eigenvalue weighted by molar-refractivity contribution is 8.01. The number of benzene rings is 1. The van der Waals surface area contributed by atoms with Crippen LogP contribution in [0.25, 0.3) is 0 Å². The van der Waals surface area contributed by atoms with Gasteiger partial charge in [0.1, 0.15) is 23.2 Å². The van der Waals surface area contributed by atoms with Gasteiger partial charge in [0.15, 0.2) is 5.82 Å². The van der Waals surface area contributed by atoms with Gasteiger partial charge in [-0.15, -0.1) is 16.9 Å². The van der Waals surface area contributed by atoms with E-state index in [1.165, 1.54) is 6.92 Å². The predicted octanol–water partition coefficient (Wildman–Crippen LogP) is 0.709. The Morgan fingerprint density at radius 3 is 2.85 bits per heavy atom. The van der Waals surface area contributed by atoms with Gasteiger partial charge in [0.2, 0.25) is 5.91 Å². The summed E-state index contributed by atoms with van der Waals surface area (Å²) in [5.74, 6) is 0.577. The van der Waals surface area contributed by atoms with Gasteiger partial charge in [-0.05, 0) is 30.3 Å². The number of nitrogens with two attached hydrogens (primary N) is 1. The lowest BCUT2D eigenvalue weighted by atomic mass is 9.95. The highest BCUT2D eigenvalue weighted by atomic mass is 32.2. The maximum atomic E-state index is 12.3. The average molecular weight is 388 g/mol. The molecule has 1 amide bonds. The summed E-state index contributed by atoms with van der Waals surface area (Å²) in [6.07, 6.45) is 0. The van der Waals surface area contributed by atoms with Gasteiger partial charge < -0.3 is 15.4 Å². The smallest absolute Gasteiger partial charge is 0.308 e. The minimum absolute atomic E-state index is 0.0593. The van der Waals surface area contributed by atoms with E-state index in [0.29, 0.717) is 18.1 Å². The molecule has 0 aliphatic carbocycles. The minimum Gasteiger partial charge on any atom is -0.426 e. The lowest BCUT2D eigenvalue weighted by Gasteiger charge is -2.42. The summed E-state index contributed by atoms with van der Waals surface area (Å²) >= 11 is 1.66. The molecule has 9 nitrogen and oxygen atoms in total. The van der Waals surface area contributed by atoms with Crippen molar-refractivity contribution in [2.45, 2.75) is 49.5 Å². The molecular formula is C17H20N6O3S. The second kappa shape index (κ2) is 6.31. The predicted molar refractivity (Wildman–Crippen MR) is 97.7 cm³/mol. The number of ether oxygens (including phenoxy) is 1. The van der Waals surface area contributed by atoms with E-state index in [-0.39, 0.29) is 22.1 Å². The first-order valence-corrected chi connectivity index (χ1v) is 9.45. The molecule has 0 saturated carbocycles. The highest BCUT2D eigenvalue weighted by Gasteiger charge is 2.62. The van der Waals surface area contributed by atoms with Gasteiger partial charge in [-0.3, -0.25) is 9.59 Å². The molecule has 3 heterocycles. The van der Waals surface area contributed by atoms with Crippen molar-refractivity contribution in [3.8, 4) is 5.75 Å². The second-order valence-electron chi connectivity index (χ2n) is 7.18. The van der Waals surface area contributed by atoms with Crippen LogP contribution in [0.5, 0.6) is 5.75 Å². The fraction of sp³-hybridized carbons (Fsp3) is 0.471. The lowest BCUT2D eigenvalue weighted by Crippen LogP contribution is -2.65. The number of nitrogens with zero attached hydrogens (tertiary/aromatic N) is 5. The fourth-order valence-electron chi connectivity index (χ4n) is 3.63. The average Bonchev–Trinajstić information content (AvgIpc) is 3.15. The van der Waals surface area contributed by atoms with Crippen LogP contribution in [0.3, 0.4) is 0 Å². The molecular weight excluding hydrogens is 368 g/mol. The van der Waals surface area contributed by atoms with E-state index in [4.69, 9.17) is 10.5 Å². The van der Waals surface area contributed by atoms with Crippen LogP contribution in [-0.4, -0.2) is 53.1 Å². The molecule has 142 valence electrons. The van der Waals surface area contributed by atoms with Crippen LogP contribution in [0.4, 0.5) is 0 Å². The summed E-state index contributed by atoms with van der Waals surface area (Å²) in [5, 5.41) is 12.1. The van der Waals surface area contributed by atoms with Crippen LogP contribution >= 0.6 is 11.8 Å². The van der Waals surface area contributed by atoms with Crippen LogP contribution in [0, 0.1) is 0 Å². The van der Waals surface area contributed by atoms with Gasteiger partial charge in [-0.2, -0.15) is 0 Å². The van der Waals surface area contributed by atoms with E-state index >= 15 is 0 Å². The molecule has 10 heteroatoms. The van der Waals surface area contributed by atoms with Crippen molar-refractivity contribution in [2.24, 2.45) is 5.73 Å². The number of carbonyl (C=O) groups excluding carboxylic acids is 2. The Morgan fingerprint density at radius 1 is 1.37 bits per heavy atom. The second-order valence-corrected chi connectivity index (χ2v) is 8.95. The zero-order valence-electron chi connectivity index (χ0n) is 15.2. The number of rotatable bonds is 4. The van der Waals surface area contributed by atoms with Crippen LogP contribution in [0.15, 0.2) is 24.3 Å². The Kier molecular flexibility index (Phi) is 4.19. The number of aromatic nitrogens is 4. The van der Waals surface area contributed by atoms with Gasteiger partial charge in [-0.25, -0.2) is 4.68 Å². The number of β-lactam (4-membered cyclic amide) rings is 1. The van der Waals surface area contributed by atoms with Gasteiger partial charge in [0.05, 0.1) is 6.54 Å². The number of carbonyl (C=O) groups is 2. The van der Waals surface area contributed by atoms with Gasteiger partial charge in [-0.1, -0.05) is 18.2 Å². The number of hydrogen-bond acceptors (Lipinski definition) is 8. The van der Waals surface area contributed by atoms with Crippen molar-refractivity contribution < 1.29 is 14.3 Å². The summed E-state index contributed by atoms with van der Waals surface area (Å²) < 4.78 is 6.64. The summed E-state index contributed by atoms with van der Waals surface area (Å²) in [6, 6.07) is 6.47. The molecule has 4 rings (SSSR count). The Labute approximate surface area is 160 Å². The first kappa shape index (κ1) is 17.9. The molecule has 2 N–H and O–H groups in total. The normalized spacial score (nSPS) is 25.9. The van der Waals surface area contributed by atoms with Crippen molar-refractivity contribution in [3.05, 3.63) is 35.7 Å². The quantitative estimate of drug-likeness (QED) is 0.462. The van der Waals surface area contributed by atoms with E-state index in [1.807, 2.05) is 12.1 Å². The Balaban J connectivity index is 1.67. The van der Waals surface area contributed by atoms with Crippen molar-refractivity contribution >= 4 is 23.6 Å². The maximum Gasteiger partial charge on any atom is 0.308 e. The van der Waals surface area contributed by atoms with Crippen molar-refractivity contribution in [2.75, 3.05) is 0 Å². The summed E-state index contributed by atoms with van der Waals surface area (Å²) in [7, 11) is 0. The Morgan fingerprint density at radius 2 is 2.11 bits per heavy atom. The van der Waals surface area contributed by atoms with Crippen LogP contribution in [0.1, 0.15) is 38.2 Å². The molecule has 2 aliphatic heterocycles. The van der Waals surface area contributed by atoms with Crippen molar-refractivity contribution in [1.29, 1.82) is 0 Å². The number of para-hydroxylation sites is 1. The summed E-state index contributed by atoms with van der Waals surface area (Å²) in [5.41, 5.74) is 6.72.